The van der Waals surface area contributed by atoms with E-state index in [2.05, 4.69) is 4.98 Å². The van der Waals surface area contributed by atoms with Crippen LogP contribution in [0.1, 0.15) is 26.3 Å². The van der Waals surface area contributed by atoms with Gasteiger partial charge in [0.25, 0.3) is 0 Å². The van der Waals surface area contributed by atoms with E-state index in [9.17, 15) is 4.55 Å². The van der Waals surface area contributed by atoms with E-state index in [-0.39, 0.29) is 5.25 Å². The number of benzene rings is 2. The van der Waals surface area contributed by atoms with Gasteiger partial charge in [0.2, 0.25) is 0 Å². The van der Waals surface area contributed by atoms with Crippen LogP contribution in [0.25, 0.3) is 0 Å². The zero-order valence-electron chi connectivity index (χ0n) is 12.3. The summed E-state index contributed by atoms with van der Waals surface area (Å²) in [7, 11) is 0. The molecule has 0 radical (unpaired) electrons. The predicted octanol–water partition coefficient (Wildman–Crippen LogP) is 4.49. The van der Waals surface area contributed by atoms with Crippen molar-refractivity contribution in [2.24, 2.45) is 0 Å². The molecule has 1 unspecified atom stereocenters. The van der Waals surface area contributed by atoms with Crippen LogP contribution in [-0.2, 0) is 16.9 Å². The Balaban J connectivity index is 1.91. The quantitative estimate of drug-likeness (QED) is 0.647. The molecule has 1 atom stereocenters. The highest BCUT2D eigenvalue weighted by Gasteiger charge is 2.27. The van der Waals surface area contributed by atoms with Gasteiger partial charge in [-0.15, -0.1) is 11.3 Å². The zero-order valence-corrected chi connectivity index (χ0v) is 13.9. The summed E-state index contributed by atoms with van der Waals surface area (Å²) in [6.45, 7) is 1.98. The Bertz CT molecular complexity index is 673. The molecular weight excluding hydrogens is 310 g/mol. The minimum atomic E-state index is -1.03. The highest BCUT2D eigenvalue weighted by molar-refractivity contribution is 7.91. The van der Waals surface area contributed by atoms with Gasteiger partial charge >= 0.3 is 0 Å². The maximum Gasteiger partial charge on any atom is 0.166 e. The summed E-state index contributed by atoms with van der Waals surface area (Å²) in [5, 5.41) is 0.910. The second-order valence-electron chi connectivity index (χ2n) is 5.07. The van der Waals surface area contributed by atoms with Crippen LogP contribution in [0.5, 0.6) is 0 Å². The maximum atomic E-state index is 13.0. The van der Waals surface area contributed by atoms with E-state index in [1.807, 2.05) is 73.8 Å². The molecule has 0 aliphatic carbocycles. The monoisotopic (exact) mass is 327 g/mol. The molecule has 0 bridgehead atoms. The first-order valence-electron chi connectivity index (χ1n) is 7.12. The lowest BCUT2D eigenvalue weighted by atomic mass is 10.0. The lowest BCUT2D eigenvalue weighted by molar-refractivity contribution is 0.587. The van der Waals surface area contributed by atoms with E-state index >= 15 is 0 Å². The lowest BCUT2D eigenvalue weighted by Crippen LogP contribution is -2.16. The van der Waals surface area contributed by atoms with Crippen LogP contribution in [0.4, 0.5) is 0 Å². The largest absolute Gasteiger partial charge is 0.615 e. The van der Waals surface area contributed by atoms with Crippen LogP contribution < -0.4 is 0 Å². The summed E-state index contributed by atoms with van der Waals surface area (Å²) >= 11 is 0.593. The minimum Gasteiger partial charge on any atom is -0.615 e. The molecule has 0 aliphatic rings. The summed E-state index contributed by atoms with van der Waals surface area (Å²) in [5.41, 5.74) is 2.18. The van der Waals surface area contributed by atoms with Gasteiger partial charge in [-0.05, 0) is 18.1 Å². The Morgan fingerprint density at radius 1 is 1.00 bits per heavy atom. The first kappa shape index (κ1) is 15.3. The Kier molecular flexibility index (Phi) is 4.93. The Morgan fingerprint density at radius 3 is 2.00 bits per heavy atom. The lowest BCUT2D eigenvalue weighted by Gasteiger charge is -2.22. The van der Waals surface area contributed by atoms with Crippen LogP contribution >= 0.6 is 11.3 Å². The van der Waals surface area contributed by atoms with Crippen molar-refractivity contribution in [2.75, 3.05) is 0 Å². The fraction of sp³-hybridized carbons (Fsp3) is 0.167. The molecule has 2 aromatic carbocycles. The SMILES string of the molecule is Cc1ncc(C[S+]([O-])C(c2ccccc2)c2ccccc2)s1. The highest BCUT2D eigenvalue weighted by Crippen LogP contribution is 2.33. The molecule has 0 N–H and O–H groups in total. The molecule has 3 rings (SSSR count). The summed E-state index contributed by atoms with van der Waals surface area (Å²) in [6.07, 6.45) is 1.84. The third-order valence-electron chi connectivity index (χ3n) is 3.42. The fourth-order valence-electron chi connectivity index (χ4n) is 2.45. The molecule has 0 amide bonds. The van der Waals surface area contributed by atoms with Crippen molar-refractivity contribution >= 4 is 22.5 Å². The topological polar surface area (TPSA) is 36.0 Å². The molecule has 0 fully saturated rings. The average molecular weight is 327 g/mol. The third-order valence-corrected chi connectivity index (χ3v) is 6.18. The number of aryl methyl sites for hydroxylation is 1. The van der Waals surface area contributed by atoms with E-state index in [0.717, 1.165) is 21.0 Å². The Labute approximate surface area is 138 Å². The van der Waals surface area contributed by atoms with Crippen LogP contribution in [0.3, 0.4) is 0 Å². The molecule has 2 nitrogen and oxygen atoms in total. The van der Waals surface area contributed by atoms with Crippen LogP contribution in [-0.4, -0.2) is 9.54 Å². The molecule has 4 heteroatoms. The number of thiazole rings is 1. The molecule has 0 aliphatic heterocycles. The maximum absolute atomic E-state index is 13.0. The number of aromatic nitrogens is 1. The Hall–Kier alpha value is -1.62. The summed E-state index contributed by atoms with van der Waals surface area (Å²) in [6, 6.07) is 20.2. The van der Waals surface area contributed by atoms with E-state index in [4.69, 9.17) is 0 Å². The number of hydrogen-bond acceptors (Lipinski definition) is 3. The van der Waals surface area contributed by atoms with Crippen molar-refractivity contribution in [3.05, 3.63) is 87.9 Å². The van der Waals surface area contributed by atoms with E-state index in [1.165, 1.54) is 0 Å². The van der Waals surface area contributed by atoms with Crippen molar-refractivity contribution < 1.29 is 4.55 Å². The zero-order chi connectivity index (χ0) is 15.4. The van der Waals surface area contributed by atoms with Crippen LogP contribution in [0.2, 0.25) is 0 Å². The standard InChI is InChI=1S/C18H17NOS2/c1-14-19-12-17(21-14)13-22(20)18(15-8-4-2-5-9-15)16-10-6-3-7-11-16/h2-12,18H,13H2,1H3. The van der Waals surface area contributed by atoms with Crippen molar-refractivity contribution in [2.45, 2.75) is 17.9 Å². The number of hydrogen-bond donors (Lipinski definition) is 0. The van der Waals surface area contributed by atoms with Gasteiger partial charge in [0.15, 0.2) is 5.25 Å². The van der Waals surface area contributed by atoms with E-state index in [0.29, 0.717) is 5.75 Å². The Morgan fingerprint density at radius 2 is 1.55 bits per heavy atom. The third kappa shape index (κ3) is 3.58. The summed E-state index contributed by atoms with van der Waals surface area (Å²) < 4.78 is 13.0. The molecule has 22 heavy (non-hydrogen) atoms. The van der Waals surface area contributed by atoms with E-state index < -0.39 is 11.2 Å². The van der Waals surface area contributed by atoms with Gasteiger partial charge in [0.1, 0.15) is 5.75 Å². The van der Waals surface area contributed by atoms with Crippen LogP contribution in [0.15, 0.2) is 66.9 Å². The van der Waals surface area contributed by atoms with Crippen molar-refractivity contribution in [3.63, 3.8) is 0 Å². The van der Waals surface area contributed by atoms with Crippen molar-refractivity contribution in [1.82, 2.24) is 4.98 Å². The molecule has 1 heterocycles. The summed E-state index contributed by atoms with van der Waals surface area (Å²) in [4.78, 5) is 5.34. The van der Waals surface area contributed by atoms with Crippen LogP contribution in [0, 0.1) is 6.92 Å². The first-order valence-corrected chi connectivity index (χ1v) is 9.32. The van der Waals surface area contributed by atoms with Crippen molar-refractivity contribution in [1.29, 1.82) is 0 Å². The molecule has 0 spiro atoms. The molecule has 1 aromatic heterocycles. The minimum absolute atomic E-state index is 0.107. The number of nitrogens with zero attached hydrogens (tertiary/aromatic N) is 1. The van der Waals surface area contributed by atoms with Gasteiger partial charge in [-0.2, -0.15) is 0 Å². The normalized spacial score (nSPS) is 12.5. The van der Waals surface area contributed by atoms with E-state index in [1.54, 1.807) is 11.3 Å². The summed E-state index contributed by atoms with van der Waals surface area (Å²) in [5.74, 6) is 0.542. The van der Waals surface area contributed by atoms with Gasteiger partial charge in [-0.25, -0.2) is 4.98 Å². The number of rotatable bonds is 5. The molecule has 112 valence electrons. The van der Waals surface area contributed by atoms with Gasteiger partial charge in [-0.3, -0.25) is 0 Å². The molecule has 3 aromatic rings. The second kappa shape index (κ2) is 7.09. The highest BCUT2D eigenvalue weighted by atomic mass is 32.2. The predicted molar refractivity (Wildman–Crippen MR) is 93.4 cm³/mol. The smallest absolute Gasteiger partial charge is 0.166 e. The first-order chi connectivity index (χ1) is 10.7. The fourth-order valence-corrected chi connectivity index (χ4v) is 5.06. The van der Waals surface area contributed by atoms with Gasteiger partial charge in [-0.1, -0.05) is 60.7 Å². The van der Waals surface area contributed by atoms with Gasteiger partial charge < -0.3 is 4.55 Å². The second-order valence-corrected chi connectivity index (χ2v) is 7.91. The van der Waals surface area contributed by atoms with Gasteiger partial charge in [0.05, 0.1) is 9.88 Å². The molecular formula is C18H17NOS2. The average Bonchev–Trinajstić information content (AvgIpc) is 2.95. The molecule has 0 saturated carbocycles. The van der Waals surface area contributed by atoms with Gasteiger partial charge in [0, 0.05) is 17.3 Å². The van der Waals surface area contributed by atoms with Crippen molar-refractivity contribution in [3.8, 4) is 0 Å². The molecule has 0 saturated heterocycles.